The zero-order chi connectivity index (χ0) is 21.6. The number of carbonyl (C=O) groups excluding carboxylic acids is 1. The second kappa shape index (κ2) is 7.65. The summed E-state index contributed by atoms with van der Waals surface area (Å²) in [5.74, 6) is 0.464. The van der Waals surface area contributed by atoms with Gasteiger partial charge in [-0.3, -0.25) is 14.2 Å². The maximum Gasteiger partial charge on any atom is 0.263 e. The van der Waals surface area contributed by atoms with Crippen LogP contribution in [0.1, 0.15) is 38.4 Å². The van der Waals surface area contributed by atoms with Gasteiger partial charge in [-0.25, -0.2) is 4.98 Å². The molecule has 4 nitrogen and oxygen atoms in total. The number of thiophene rings is 1. The van der Waals surface area contributed by atoms with Crippen LogP contribution in [-0.2, 0) is 6.54 Å². The topological polar surface area (TPSA) is 52.0 Å². The normalized spacial score (nSPS) is 11.2. The van der Waals surface area contributed by atoms with E-state index in [1.54, 1.807) is 6.92 Å². The number of aryl methyl sites for hydroxylation is 5. The lowest BCUT2D eigenvalue weighted by molar-refractivity contribution is 0.0969. The number of carbonyl (C=O) groups is 1. The Kier molecular flexibility index (Phi) is 5.16. The maximum atomic E-state index is 13.4. The molecular formula is C25H24N2O2S. The van der Waals surface area contributed by atoms with Gasteiger partial charge in [0.1, 0.15) is 10.7 Å². The summed E-state index contributed by atoms with van der Waals surface area (Å²) in [6.45, 7) is 9.90. The third kappa shape index (κ3) is 3.50. The molecule has 0 bridgehead atoms. The van der Waals surface area contributed by atoms with Crippen molar-refractivity contribution in [2.45, 2.75) is 41.2 Å². The Morgan fingerprint density at radius 3 is 2.27 bits per heavy atom. The zero-order valence-corrected chi connectivity index (χ0v) is 18.7. The highest BCUT2D eigenvalue weighted by Gasteiger charge is 2.18. The van der Waals surface area contributed by atoms with E-state index in [9.17, 15) is 9.59 Å². The minimum Gasteiger partial charge on any atom is -0.292 e. The smallest absolute Gasteiger partial charge is 0.263 e. The van der Waals surface area contributed by atoms with Gasteiger partial charge in [-0.1, -0.05) is 30.3 Å². The van der Waals surface area contributed by atoms with Crippen molar-refractivity contribution in [3.8, 4) is 11.1 Å². The summed E-state index contributed by atoms with van der Waals surface area (Å²) in [6.07, 6.45) is 0. The van der Waals surface area contributed by atoms with Gasteiger partial charge in [-0.2, -0.15) is 0 Å². The van der Waals surface area contributed by atoms with Crippen molar-refractivity contribution in [3.63, 3.8) is 0 Å². The zero-order valence-electron chi connectivity index (χ0n) is 17.9. The fourth-order valence-electron chi connectivity index (χ4n) is 3.58. The Morgan fingerprint density at radius 2 is 1.60 bits per heavy atom. The van der Waals surface area contributed by atoms with Gasteiger partial charge in [0.2, 0.25) is 0 Å². The predicted molar refractivity (Wildman–Crippen MR) is 124 cm³/mol. The van der Waals surface area contributed by atoms with Crippen molar-refractivity contribution in [3.05, 3.63) is 85.8 Å². The van der Waals surface area contributed by atoms with Gasteiger partial charge < -0.3 is 0 Å². The summed E-state index contributed by atoms with van der Waals surface area (Å²) in [6, 6.07) is 11.8. The number of aromatic nitrogens is 2. The van der Waals surface area contributed by atoms with E-state index in [0.29, 0.717) is 21.6 Å². The van der Waals surface area contributed by atoms with Gasteiger partial charge >= 0.3 is 0 Å². The summed E-state index contributed by atoms with van der Waals surface area (Å²) in [5.41, 5.74) is 6.92. The summed E-state index contributed by atoms with van der Waals surface area (Å²) in [4.78, 5) is 31.7. The van der Waals surface area contributed by atoms with Gasteiger partial charge in [0.05, 0.1) is 11.9 Å². The quantitative estimate of drug-likeness (QED) is 0.410. The first-order chi connectivity index (χ1) is 14.3. The summed E-state index contributed by atoms with van der Waals surface area (Å²) >= 11 is 1.47. The van der Waals surface area contributed by atoms with Gasteiger partial charge in [-0.15, -0.1) is 11.3 Å². The summed E-state index contributed by atoms with van der Waals surface area (Å²) in [5, 5.41) is 2.57. The van der Waals surface area contributed by atoms with Crippen LogP contribution >= 0.6 is 11.3 Å². The third-order valence-corrected chi connectivity index (χ3v) is 6.71. The van der Waals surface area contributed by atoms with Gasteiger partial charge in [0.25, 0.3) is 5.56 Å². The molecule has 0 spiro atoms. The first-order valence-corrected chi connectivity index (χ1v) is 10.8. The third-order valence-electron chi connectivity index (χ3n) is 5.83. The minimum atomic E-state index is -0.163. The lowest BCUT2D eigenvalue weighted by atomic mass is 10.0. The number of Topliss-reactive ketones (excluding diaryl/α,β-unsaturated/α-hetero) is 1. The average molecular weight is 417 g/mol. The van der Waals surface area contributed by atoms with E-state index in [0.717, 1.165) is 22.3 Å². The molecule has 2 aromatic carbocycles. The number of hydrogen-bond donors (Lipinski definition) is 0. The number of nitrogens with zero attached hydrogens (tertiary/aromatic N) is 2. The Morgan fingerprint density at radius 1 is 0.933 bits per heavy atom. The van der Waals surface area contributed by atoms with Crippen molar-refractivity contribution in [1.29, 1.82) is 0 Å². The standard InChI is InChI=1S/C25H24N2O2S/c1-14-6-8-19(10-16(14)3)21-13-30-24-23(21)25(29)27(18(5)26-24)12-22(28)20-9-7-15(2)17(4)11-20/h6-11,13H,12H2,1-5H3. The molecule has 2 aromatic heterocycles. The van der Waals surface area contributed by atoms with E-state index < -0.39 is 0 Å². The maximum absolute atomic E-state index is 13.4. The lowest BCUT2D eigenvalue weighted by Gasteiger charge is -2.11. The Hall–Kier alpha value is -3.05. The number of ketones is 1. The van der Waals surface area contributed by atoms with Crippen molar-refractivity contribution >= 4 is 27.3 Å². The van der Waals surface area contributed by atoms with E-state index in [2.05, 4.69) is 31.0 Å². The monoisotopic (exact) mass is 416 g/mol. The molecule has 0 aliphatic heterocycles. The van der Waals surface area contributed by atoms with Crippen LogP contribution in [0.15, 0.2) is 46.6 Å². The molecule has 0 aliphatic rings. The van der Waals surface area contributed by atoms with Gasteiger partial charge in [0.15, 0.2) is 5.78 Å². The molecule has 0 saturated heterocycles. The van der Waals surface area contributed by atoms with E-state index >= 15 is 0 Å². The number of benzene rings is 2. The van der Waals surface area contributed by atoms with E-state index in [1.807, 2.05) is 43.5 Å². The number of rotatable bonds is 4. The molecule has 5 heteroatoms. The molecule has 2 heterocycles. The fourth-order valence-corrected chi connectivity index (χ4v) is 4.57. The first kappa shape index (κ1) is 20.2. The molecule has 0 N–H and O–H groups in total. The van der Waals surface area contributed by atoms with Gasteiger partial charge in [0, 0.05) is 16.5 Å². The largest absolute Gasteiger partial charge is 0.292 e. The molecular weight excluding hydrogens is 392 g/mol. The lowest BCUT2D eigenvalue weighted by Crippen LogP contribution is -2.27. The molecule has 0 atom stereocenters. The molecule has 152 valence electrons. The molecule has 30 heavy (non-hydrogen) atoms. The molecule has 4 aromatic rings. The number of hydrogen-bond acceptors (Lipinski definition) is 4. The van der Waals surface area contributed by atoms with Crippen LogP contribution < -0.4 is 5.56 Å². The number of fused-ring (bicyclic) bond motifs is 1. The Labute approximate surface area is 179 Å². The molecule has 0 fully saturated rings. The van der Waals surface area contributed by atoms with Crippen LogP contribution in [0.25, 0.3) is 21.3 Å². The van der Waals surface area contributed by atoms with Crippen LogP contribution in [0.2, 0.25) is 0 Å². The van der Waals surface area contributed by atoms with E-state index in [1.165, 1.54) is 27.0 Å². The molecule has 0 amide bonds. The van der Waals surface area contributed by atoms with E-state index in [4.69, 9.17) is 0 Å². The Bertz CT molecular complexity index is 1360. The van der Waals surface area contributed by atoms with E-state index in [-0.39, 0.29) is 17.9 Å². The Balaban J connectivity index is 1.81. The molecule has 0 aliphatic carbocycles. The molecule has 0 unspecified atom stereocenters. The van der Waals surface area contributed by atoms with Crippen molar-refractivity contribution < 1.29 is 4.79 Å². The average Bonchev–Trinajstić information content (AvgIpc) is 3.13. The van der Waals surface area contributed by atoms with Crippen molar-refractivity contribution in [2.24, 2.45) is 0 Å². The van der Waals surface area contributed by atoms with Crippen LogP contribution in [0, 0.1) is 34.6 Å². The highest BCUT2D eigenvalue weighted by molar-refractivity contribution is 7.17. The van der Waals surface area contributed by atoms with Gasteiger partial charge in [-0.05, 0) is 68.5 Å². The first-order valence-electron chi connectivity index (χ1n) is 9.93. The second-order valence-electron chi connectivity index (χ2n) is 7.90. The highest BCUT2D eigenvalue weighted by atomic mass is 32.1. The summed E-state index contributed by atoms with van der Waals surface area (Å²) in [7, 11) is 0. The van der Waals surface area contributed by atoms with Crippen LogP contribution in [0.3, 0.4) is 0 Å². The molecule has 0 radical (unpaired) electrons. The van der Waals surface area contributed by atoms with Crippen LogP contribution in [0.5, 0.6) is 0 Å². The second-order valence-corrected chi connectivity index (χ2v) is 8.76. The van der Waals surface area contributed by atoms with Crippen LogP contribution in [0.4, 0.5) is 0 Å². The molecule has 4 rings (SSSR count). The van der Waals surface area contributed by atoms with Crippen molar-refractivity contribution in [2.75, 3.05) is 0 Å². The minimum absolute atomic E-state index is 0.0156. The molecule has 0 saturated carbocycles. The van der Waals surface area contributed by atoms with Crippen molar-refractivity contribution in [1.82, 2.24) is 9.55 Å². The predicted octanol–water partition coefficient (Wildman–Crippen LogP) is 5.55. The highest BCUT2D eigenvalue weighted by Crippen LogP contribution is 2.32. The SMILES string of the molecule is Cc1ccc(C(=O)Cn2c(C)nc3scc(-c4ccc(C)c(C)c4)c3c2=O)cc1C. The van der Waals surface area contributed by atoms with Crippen LogP contribution in [-0.4, -0.2) is 15.3 Å². The fraction of sp³-hybridized carbons (Fsp3) is 0.240. The summed E-state index contributed by atoms with van der Waals surface area (Å²) < 4.78 is 1.50.